The molecule has 1 amide bonds. The van der Waals surface area contributed by atoms with Gasteiger partial charge in [-0.2, -0.15) is 0 Å². The number of hydrogen-bond donors (Lipinski definition) is 1. The molecule has 0 radical (unpaired) electrons. The summed E-state index contributed by atoms with van der Waals surface area (Å²) in [6.07, 6.45) is 1.81. The van der Waals surface area contributed by atoms with Crippen molar-refractivity contribution in [3.05, 3.63) is 53.8 Å². The van der Waals surface area contributed by atoms with E-state index >= 15 is 0 Å². The number of thioether (sulfide) groups is 1. The number of anilines is 2. The summed E-state index contributed by atoms with van der Waals surface area (Å²) in [4.78, 5) is 14.0. The molecule has 1 aliphatic heterocycles. The van der Waals surface area contributed by atoms with E-state index in [2.05, 4.69) is 5.32 Å². The molecule has 0 aliphatic carbocycles. The second-order valence-corrected chi connectivity index (χ2v) is 6.77. The molecule has 1 heterocycles. The molecule has 2 aromatic rings. The van der Waals surface area contributed by atoms with E-state index in [0.29, 0.717) is 18.0 Å². The highest BCUT2D eigenvalue weighted by molar-refractivity contribution is 8.00. The molecule has 25 heavy (non-hydrogen) atoms. The Kier molecular flexibility index (Phi) is 5.53. The number of rotatable bonds is 5. The first kappa shape index (κ1) is 17.7. The Bertz CT molecular complexity index is 756. The van der Waals surface area contributed by atoms with Crippen LogP contribution < -0.4 is 10.2 Å². The predicted octanol–water partition coefficient (Wildman–Crippen LogP) is 4.43. The molecule has 132 valence electrons. The molecule has 1 fully saturated rings. The van der Waals surface area contributed by atoms with Gasteiger partial charge in [-0.25, -0.2) is 13.2 Å². The van der Waals surface area contributed by atoms with Gasteiger partial charge in [-0.05, 0) is 37.1 Å². The summed E-state index contributed by atoms with van der Waals surface area (Å²) >= 11 is 1.02. The second-order valence-electron chi connectivity index (χ2n) is 5.75. The fourth-order valence-electron chi connectivity index (χ4n) is 2.78. The van der Waals surface area contributed by atoms with Crippen LogP contribution in [0.25, 0.3) is 0 Å². The first-order valence-electron chi connectivity index (χ1n) is 7.96. The molecule has 7 heteroatoms. The van der Waals surface area contributed by atoms with Crippen LogP contribution in [-0.2, 0) is 4.79 Å². The third-order valence-electron chi connectivity index (χ3n) is 3.92. The van der Waals surface area contributed by atoms with Gasteiger partial charge in [0.1, 0.15) is 11.5 Å². The maximum Gasteiger partial charge on any atom is 0.234 e. The zero-order chi connectivity index (χ0) is 17.8. The summed E-state index contributed by atoms with van der Waals surface area (Å²) in [5, 5.41) is 2.45. The first-order valence-corrected chi connectivity index (χ1v) is 8.94. The van der Waals surface area contributed by atoms with E-state index < -0.39 is 23.4 Å². The van der Waals surface area contributed by atoms with Crippen molar-refractivity contribution in [2.24, 2.45) is 0 Å². The van der Waals surface area contributed by atoms with Gasteiger partial charge in [-0.1, -0.05) is 12.1 Å². The summed E-state index contributed by atoms with van der Waals surface area (Å²) in [6.45, 7) is 1.25. The average Bonchev–Trinajstić information content (AvgIpc) is 3.07. The first-order chi connectivity index (χ1) is 12.0. The lowest BCUT2D eigenvalue weighted by Gasteiger charge is -2.19. The van der Waals surface area contributed by atoms with Crippen molar-refractivity contribution < 1.29 is 18.0 Å². The molecule has 0 aromatic heterocycles. The van der Waals surface area contributed by atoms with Gasteiger partial charge in [0.25, 0.3) is 0 Å². The molecular weight excluding hydrogens is 349 g/mol. The zero-order valence-corrected chi connectivity index (χ0v) is 14.2. The molecule has 0 unspecified atom stereocenters. The summed E-state index contributed by atoms with van der Waals surface area (Å²) in [6, 6.07) is 8.34. The van der Waals surface area contributed by atoms with Gasteiger partial charge in [-0.15, -0.1) is 11.8 Å². The van der Waals surface area contributed by atoms with Gasteiger partial charge < -0.3 is 10.2 Å². The molecule has 3 rings (SSSR count). The van der Waals surface area contributed by atoms with E-state index in [4.69, 9.17) is 0 Å². The summed E-state index contributed by atoms with van der Waals surface area (Å²) in [7, 11) is 0. The second kappa shape index (κ2) is 7.82. The summed E-state index contributed by atoms with van der Waals surface area (Å²) < 4.78 is 42.0. The van der Waals surface area contributed by atoms with Crippen molar-refractivity contribution in [2.75, 3.05) is 29.1 Å². The fourth-order valence-corrected chi connectivity index (χ4v) is 3.52. The van der Waals surface area contributed by atoms with Crippen LogP contribution in [0.15, 0.2) is 41.3 Å². The van der Waals surface area contributed by atoms with Crippen LogP contribution >= 0.6 is 11.8 Å². The highest BCUT2D eigenvalue weighted by Crippen LogP contribution is 2.30. The molecule has 1 saturated heterocycles. The number of carbonyl (C=O) groups is 1. The van der Waals surface area contributed by atoms with Crippen molar-refractivity contribution in [1.29, 1.82) is 0 Å². The number of hydrogen-bond acceptors (Lipinski definition) is 3. The highest BCUT2D eigenvalue weighted by Gasteiger charge is 2.21. The van der Waals surface area contributed by atoms with Gasteiger partial charge in [0, 0.05) is 23.7 Å². The van der Waals surface area contributed by atoms with Crippen LogP contribution in [0.1, 0.15) is 12.8 Å². The Balaban J connectivity index is 1.64. The van der Waals surface area contributed by atoms with E-state index in [1.165, 1.54) is 6.07 Å². The van der Waals surface area contributed by atoms with E-state index in [1.54, 1.807) is 23.1 Å². The van der Waals surface area contributed by atoms with Crippen LogP contribution in [0.2, 0.25) is 0 Å². The highest BCUT2D eigenvalue weighted by atomic mass is 32.2. The number of amides is 1. The van der Waals surface area contributed by atoms with Crippen molar-refractivity contribution in [3.63, 3.8) is 0 Å². The van der Waals surface area contributed by atoms with Crippen LogP contribution in [0.3, 0.4) is 0 Å². The Morgan fingerprint density at radius 2 is 1.68 bits per heavy atom. The molecule has 1 aliphatic rings. The maximum absolute atomic E-state index is 14.2. The average molecular weight is 366 g/mol. The maximum atomic E-state index is 14.2. The summed E-state index contributed by atoms with van der Waals surface area (Å²) in [5.41, 5.74) is 0.00770. The third-order valence-corrected chi connectivity index (χ3v) is 4.97. The third kappa shape index (κ3) is 4.28. The van der Waals surface area contributed by atoms with Crippen LogP contribution in [-0.4, -0.2) is 24.7 Å². The van der Waals surface area contributed by atoms with Crippen molar-refractivity contribution >= 4 is 29.0 Å². The van der Waals surface area contributed by atoms with Gasteiger partial charge in [0.2, 0.25) is 5.91 Å². The number of carbonyl (C=O) groups excluding carboxylic acids is 1. The van der Waals surface area contributed by atoms with Gasteiger partial charge >= 0.3 is 0 Å². The smallest absolute Gasteiger partial charge is 0.234 e. The van der Waals surface area contributed by atoms with Crippen LogP contribution in [0, 0.1) is 17.5 Å². The van der Waals surface area contributed by atoms with Gasteiger partial charge in [0.05, 0.1) is 5.75 Å². The van der Waals surface area contributed by atoms with Gasteiger partial charge in [-0.3, -0.25) is 4.79 Å². The Labute approximate surface area is 148 Å². The van der Waals surface area contributed by atoms with Crippen molar-refractivity contribution in [3.8, 4) is 0 Å². The van der Waals surface area contributed by atoms with E-state index in [9.17, 15) is 18.0 Å². The van der Waals surface area contributed by atoms with Crippen molar-refractivity contribution in [2.45, 2.75) is 17.7 Å². The Hall–Kier alpha value is -2.15. The van der Waals surface area contributed by atoms with Crippen molar-refractivity contribution in [1.82, 2.24) is 0 Å². The van der Waals surface area contributed by atoms with Gasteiger partial charge in [0.15, 0.2) is 11.6 Å². The minimum atomic E-state index is -0.695. The number of benzene rings is 2. The molecular formula is C18H17F3N2OS. The largest absolute Gasteiger partial charge is 0.367 e. The quantitative estimate of drug-likeness (QED) is 0.795. The molecule has 0 saturated carbocycles. The zero-order valence-electron chi connectivity index (χ0n) is 13.4. The van der Waals surface area contributed by atoms with Crippen LogP contribution in [0.5, 0.6) is 0 Å². The molecule has 0 spiro atoms. The van der Waals surface area contributed by atoms with E-state index in [-0.39, 0.29) is 17.1 Å². The molecule has 0 atom stereocenters. The number of halogens is 3. The summed E-state index contributed by atoms with van der Waals surface area (Å²) in [5.74, 6) is -2.32. The topological polar surface area (TPSA) is 32.3 Å². The normalized spacial score (nSPS) is 14.0. The lowest BCUT2D eigenvalue weighted by Crippen LogP contribution is -2.21. The van der Waals surface area contributed by atoms with Crippen LogP contribution in [0.4, 0.5) is 24.5 Å². The minimum Gasteiger partial charge on any atom is -0.367 e. The molecule has 2 aromatic carbocycles. The van der Waals surface area contributed by atoms with E-state index in [1.807, 2.05) is 0 Å². The lowest BCUT2D eigenvalue weighted by atomic mass is 10.2. The minimum absolute atomic E-state index is 0.0452. The monoisotopic (exact) mass is 366 g/mol. The Morgan fingerprint density at radius 1 is 1.04 bits per heavy atom. The molecule has 3 nitrogen and oxygen atoms in total. The number of nitrogens with zero attached hydrogens (tertiary/aromatic N) is 1. The molecule has 1 N–H and O–H groups in total. The predicted molar refractivity (Wildman–Crippen MR) is 93.6 cm³/mol. The SMILES string of the molecule is O=C(CSc1ccccc1F)Nc1cc(F)c(N2CCCC2)c(F)c1. The molecule has 0 bridgehead atoms. The fraction of sp³-hybridized carbons (Fsp3) is 0.278. The standard InChI is InChI=1S/C18H17F3N2OS/c19-13-5-1-2-6-16(13)25-11-17(24)22-12-9-14(20)18(15(21)10-12)23-7-3-4-8-23/h1-2,5-6,9-10H,3-4,7-8,11H2,(H,22,24). The Morgan fingerprint density at radius 3 is 2.32 bits per heavy atom. The number of nitrogens with one attached hydrogen (secondary N) is 1. The lowest BCUT2D eigenvalue weighted by molar-refractivity contribution is -0.113. The van der Waals surface area contributed by atoms with E-state index in [0.717, 1.165) is 36.7 Å².